The quantitative estimate of drug-likeness (QED) is 0.176. The third-order valence-corrected chi connectivity index (χ3v) is 9.90. The molecule has 0 saturated heterocycles. The van der Waals surface area contributed by atoms with Crippen molar-refractivity contribution in [3.63, 3.8) is 0 Å². The van der Waals surface area contributed by atoms with Gasteiger partial charge in [-0.3, -0.25) is 0 Å². The minimum absolute atomic E-state index is 0.586. The van der Waals surface area contributed by atoms with Gasteiger partial charge in [-0.25, -0.2) is 15.0 Å². The van der Waals surface area contributed by atoms with E-state index in [2.05, 4.69) is 152 Å². The second kappa shape index (κ2) is 12.9. The van der Waals surface area contributed by atoms with Crippen molar-refractivity contribution in [3.05, 3.63) is 188 Å². The second-order valence-electron chi connectivity index (χ2n) is 13.3. The van der Waals surface area contributed by atoms with E-state index in [4.69, 9.17) is 19.4 Å². The second-order valence-corrected chi connectivity index (χ2v) is 13.3. The molecule has 4 nitrogen and oxygen atoms in total. The standard InChI is InChI=1S/C49H31N3O/c1-3-11-32(12-4-1)34-15-9-17-40(29-34)47-50-48(52-49(51-47)42-25-26-44-43-19-7-8-20-45(43)53-46(44)31-42)41-18-10-16-35(30-41)37-23-24-38-27-36(21-22-39(38)28-37)33-13-5-2-6-14-33/h1-31H. The van der Waals surface area contributed by atoms with E-state index in [1.54, 1.807) is 0 Å². The zero-order valence-corrected chi connectivity index (χ0v) is 28.6. The smallest absolute Gasteiger partial charge is 0.164 e. The number of aromatic nitrogens is 3. The number of furan rings is 1. The molecule has 0 fully saturated rings. The summed E-state index contributed by atoms with van der Waals surface area (Å²) in [6.45, 7) is 0. The lowest BCUT2D eigenvalue weighted by atomic mass is 9.97. The molecule has 4 heteroatoms. The Morgan fingerprint density at radius 3 is 1.28 bits per heavy atom. The number of para-hydroxylation sites is 1. The summed E-state index contributed by atoms with van der Waals surface area (Å²) in [6.07, 6.45) is 0. The first-order chi connectivity index (χ1) is 26.2. The molecule has 0 unspecified atom stereocenters. The molecule has 8 aromatic carbocycles. The van der Waals surface area contributed by atoms with Gasteiger partial charge >= 0.3 is 0 Å². The molecule has 2 aromatic heterocycles. The highest BCUT2D eigenvalue weighted by molar-refractivity contribution is 6.05. The van der Waals surface area contributed by atoms with Crippen molar-refractivity contribution >= 4 is 32.7 Å². The summed E-state index contributed by atoms with van der Waals surface area (Å²) < 4.78 is 6.26. The Hall–Kier alpha value is -7.17. The molecule has 0 aliphatic carbocycles. The predicted octanol–water partition coefficient (Wildman–Crippen LogP) is 12.9. The minimum Gasteiger partial charge on any atom is -0.456 e. The van der Waals surface area contributed by atoms with Crippen molar-refractivity contribution < 1.29 is 4.42 Å². The Kier molecular flexibility index (Phi) is 7.43. The van der Waals surface area contributed by atoms with Crippen LogP contribution in [0.15, 0.2) is 192 Å². The van der Waals surface area contributed by atoms with Gasteiger partial charge in [-0.05, 0) is 86.6 Å². The van der Waals surface area contributed by atoms with Gasteiger partial charge in [0, 0.05) is 27.5 Å². The molecule has 0 N–H and O–H groups in total. The van der Waals surface area contributed by atoms with E-state index in [9.17, 15) is 0 Å². The van der Waals surface area contributed by atoms with Gasteiger partial charge in [-0.1, -0.05) is 146 Å². The van der Waals surface area contributed by atoms with Crippen molar-refractivity contribution in [1.82, 2.24) is 15.0 Å². The maximum Gasteiger partial charge on any atom is 0.164 e. The van der Waals surface area contributed by atoms with E-state index < -0.39 is 0 Å². The van der Waals surface area contributed by atoms with Crippen LogP contribution in [-0.4, -0.2) is 15.0 Å². The van der Waals surface area contributed by atoms with Crippen molar-refractivity contribution in [2.24, 2.45) is 0 Å². The van der Waals surface area contributed by atoms with Crippen LogP contribution in [0.2, 0.25) is 0 Å². The lowest BCUT2D eigenvalue weighted by molar-refractivity contribution is 0.669. The SMILES string of the molecule is c1ccc(-c2cccc(-c3nc(-c4cccc(-c5ccc6cc(-c7ccccc7)ccc6c5)c4)nc(-c4ccc5c(c4)oc4ccccc45)n3)c2)cc1. The Morgan fingerprint density at radius 1 is 0.264 bits per heavy atom. The Bertz CT molecular complexity index is 2950. The van der Waals surface area contributed by atoms with Crippen LogP contribution >= 0.6 is 0 Å². The minimum atomic E-state index is 0.586. The van der Waals surface area contributed by atoms with Crippen molar-refractivity contribution in [2.45, 2.75) is 0 Å². The van der Waals surface area contributed by atoms with Crippen LogP contribution < -0.4 is 0 Å². The molecular formula is C49H31N3O. The van der Waals surface area contributed by atoms with Gasteiger partial charge in [-0.2, -0.15) is 0 Å². The summed E-state index contributed by atoms with van der Waals surface area (Å²) in [6, 6.07) is 65.4. The Balaban J connectivity index is 1.08. The van der Waals surface area contributed by atoms with Gasteiger partial charge in [0.2, 0.25) is 0 Å². The molecule has 0 radical (unpaired) electrons. The molecule has 10 aromatic rings. The molecule has 0 spiro atoms. The molecule has 0 aliphatic heterocycles. The van der Waals surface area contributed by atoms with Crippen molar-refractivity contribution in [3.8, 4) is 67.5 Å². The third-order valence-electron chi connectivity index (χ3n) is 9.90. The normalized spacial score (nSPS) is 11.4. The summed E-state index contributed by atoms with van der Waals surface area (Å²) in [5.74, 6) is 1.80. The van der Waals surface area contributed by atoms with Gasteiger partial charge in [0.05, 0.1) is 0 Å². The summed E-state index contributed by atoms with van der Waals surface area (Å²) in [5, 5.41) is 4.55. The van der Waals surface area contributed by atoms with Crippen LogP contribution in [0.1, 0.15) is 0 Å². The number of benzene rings is 8. The molecule has 0 aliphatic rings. The highest BCUT2D eigenvalue weighted by atomic mass is 16.3. The zero-order chi connectivity index (χ0) is 35.1. The maximum atomic E-state index is 6.26. The number of rotatable bonds is 6. The molecule has 0 amide bonds. The first-order valence-corrected chi connectivity index (χ1v) is 17.8. The Morgan fingerprint density at radius 2 is 0.679 bits per heavy atom. The summed E-state index contributed by atoms with van der Waals surface area (Å²) in [4.78, 5) is 15.3. The highest BCUT2D eigenvalue weighted by Gasteiger charge is 2.16. The predicted molar refractivity (Wildman–Crippen MR) is 217 cm³/mol. The molecule has 0 bridgehead atoms. The summed E-state index contributed by atoms with van der Waals surface area (Å²) >= 11 is 0. The van der Waals surface area contributed by atoms with Gasteiger partial charge in [0.15, 0.2) is 17.5 Å². The molecular weight excluding hydrogens is 647 g/mol. The van der Waals surface area contributed by atoms with E-state index in [-0.39, 0.29) is 0 Å². The molecule has 10 rings (SSSR count). The number of fused-ring (bicyclic) bond motifs is 4. The van der Waals surface area contributed by atoms with Crippen molar-refractivity contribution in [2.75, 3.05) is 0 Å². The first-order valence-electron chi connectivity index (χ1n) is 17.8. The molecule has 53 heavy (non-hydrogen) atoms. The lowest BCUT2D eigenvalue weighted by Gasteiger charge is -2.11. The van der Waals surface area contributed by atoms with Gasteiger partial charge in [0.1, 0.15) is 11.2 Å². The summed E-state index contributed by atoms with van der Waals surface area (Å²) in [7, 11) is 0. The van der Waals surface area contributed by atoms with Crippen LogP contribution in [0.4, 0.5) is 0 Å². The van der Waals surface area contributed by atoms with Crippen LogP contribution in [0, 0.1) is 0 Å². The largest absolute Gasteiger partial charge is 0.456 e. The fourth-order valence-electron chi connectivity index (χ4n) is 7.17. The molecule has 248 valence electrons. The number of hydrogen-bond acceptors (Lipinski definition) is 4. The van der Waals surface area contributed by atoms with Crippen LogP contribution in [0.5, 0.6) is 0 Å². The number of nitrogens with zero attached hydrogens (tertiary/aromatic N) is 3. The van der Waals surface area contributed by atoms with Crippen LogP contribution in [-0.2, 0) is 0 Å². The fraction of sp³-hybridized carbons (Fsp3) is 0. The molecule has 2 heterocycles. The summed E-state index contributed by atoms with van der Waals surface area (Å²) in [5.41, 5.74) is 11.2. The average molecular weight is 678 g/mol. The average Bonchev–Trinajstić information content (AvgIpc) is 3.62. The third kappa shape index (κ3) is 5.82. The van der Waals surface area contributed by atoms with Gasteiger partial charge in [0.25, 0.3) is 0 Å². The van der Waals surface area contributed by atoms with E-state index in [0.717, 1.165) is 60.9 Å². The Labute approximate surface area is 306 Å². The van der Waals surface area contributed by atoms with E-state index in [1.807, 2.05) is 36.4 Å². The van der Waals surface area contributed by atoms with Gasteiger partial charge < -0.3 is 4.42 Å². The van der Waals surface area contributed by atoms with E-state index in [0.29, 0.717) is 17.5 Å². The fourth-order valence-corrected chi connectivity index (χ4v) is 7.17. The van der Waals surface area contributed by atoms with E-state index >= 15 is 0 Å². The first kappa shape index (κ1) is 30.6. The number of hydrogen-bond donors (Lipinski definition) is 0. The molecule has 0 saturated carbocycles. The van der Waals surface area contributed by atoms with Crippen molar-refractivity contribution in [1.29, 1.82) is 0 Å². The maximum absolute atomic E-state index is 6.26. The van der Waals surface area contributed by atoms with Gasteiger partial charge in [-0.15, -0.1) is 0 Å². The van der Waals surface area contributed by atoms with Crippen LogP contribution in [0.25, 0.3) is 100 Å². The zero-order valence-electron chi connectivity index (χ0n) is 28.6. The monoisotopic (exact) mass is 677 g/mol. The molecule has 0 atom stereocenters. The topological polar surface area (TPSA) is 51.8 Å². The highest BCUT2D eigenvalue weighted by Crippen LogP contribution is 2.35. The van der Waals surface area contributed by atoms with E-state index in [1.165, 1.54) is 21.9 Å². The van der Waals surface area contributed by atoms with Crippen LogP contribution in [0.3, 0.4) is 0 Å². The lowest BCUT2D eigenvalue weighted by Crippen LogP contribution is -2.00.